The molecule has 0 bridgehead atoms. The van der Waals surface area contributed by atoms with Gasteiger partial charge in [-0.3, -0.25) is 4.79 Å². The summed E-state index contributed by atoms with van der Waals surface area (Å²) >= 11 is 0. The molecule has 0 saturated carbocycles. The van der Waals surface area contributed by atoms with E-state index < -0.39 is 6.04 Å². The van der Waals surface area contributed by atoms with Crippen LogP contribution in [0.15, 0.2) is 48.8 Å². The minimum atomic E-state index is -0.449. The molecule has 5 heteroatoms. The Bertz CT molecular complexity index is 708. The lowest BCUT2D eigenvalue weighted by molar-refractivity contribution is -0.147. The van der Waals surface area contributed by atoms with Crippen molar-refractivity contribution in [3.05, 3.63) is 59.9 Å². The molecular formula is C19H22N2O3. The highest BCUT2D eigenvalue weighted by Crippen LogP contribution is 2.21. The molecule has 0 radical (unpaired) electrons. The number of ether oxygens (including phenoxy) is 1. The Balaban J connectivity index is 1.70. The fourth-order valence-electron chi connectivity index (χ4n) is 3.12. The summed E-state index contributed by atoms with van der Waals surface area (Å²) in [7, 11) is 0. The second-order valence-corrected chi connectivity index (χ2v) is 5.97. The Morgan fingerprint density at radius 1 is 1.21 bits per heavy atom. The van der Waals surface area contributed by atoms with Gasteiger partial charge in [0.15, 0.2) is 0 Å². The van der Waals surface area contributed by atoms with Gasteiger partial charge < -0.3 is 14.2 Å². The zero-order chi connectivity index (χ0) is 16.9. The first-order valence-corrected chi connectivity index (χ1v) is 8.36. The quantitative estimate of drug-likeness (QED) is 0.794. The van der Waals surface area contributed by atoms with Crippen molar-refractivity contribution in [1.82, 2.24) is 9.47 Å². The maximum Gasteiger partial charge on any atom is 0.328 e. The first-order chi connectivity index (χ1) is 11.7. The van der Waals surface area contributed by atoms with Crippen molar-refractivity contribution >= 4 is 11.9 Å². The zero-order valence-electron chi connectivity index (χ0n) is 13.9. The molecule has 1 fully saturated rings. The fourth-order valence-corrected chi connectivity index (χ4v) is 3.12. The average Bonchev–Trinajstić information content (AvgIpc) is 3.25. The van der Waals surface area contributed by atoms with E-state index >= 15 is 0 Å². The van der Waals surface area contributed by atoms with Crippen molar-refractivity contribution in [1.29, 1.82) is 0 Å². The standard InChI is InChI=1S/C19H22N2O3/c1-2-24-19(23)17-9-6-11-21(17)18(22)16-10-12-20(14-16)13-15-7-4-3-5-8-15/h3-5,7-8,10,12,14,17H,2,6,9,11,13H2,1H3/t17-/m1/s1. The third-order valence-corrected chi connectivity index (χ3v) is 4.28. The number of esters is 1. The smallest absolute Gasteiger partial charge is 0.328 e. The monoisotopic (exact) mass is 326 g/mol. The molecule has 1 aliphatic rings. The summed E-state index contributed by atoms with van der Waals surface area (Å²) in [6.45, 7) is 3.44. The molecule has 0 spiro atoms. The summed E-state index contributed by atoms with van der Waals surface area (Å²) in [4.78, 5) is 26.4. The van der Waals surface area contributed by atoms with Gasteiger partial charge in [0.05, 0.1) is 12.2 Å². The van der Waals surface area contributed by atoms with Crippen molar-refractivity contribution in [3.63, 3.8) is 0 Å². The lowest BCUT2D eigenvalue weighted by Crippen LogP contribution is -2.41. The Labute approximate surface area is 141 Å². The molecule has 0 N–H and O–H groups in total. The van der Waals surface area contributed by atoms with Crippen LogP contribution in [0.3, 0.4) is 0 Å². The average molecular weight is 326 g/mol. The van der Waals surface area contributed by atoms with Crippen LogP contribution in [-0.2, 0) is 16.1 Å². The molecule has 3 rings (SSSR count). The van der Waals surface area contributed by atoms with Gasteiger partial charge in [-0.25, -0.2) is 4.79 Å². The first kappa shape index (κ1) is 16.3. The first-order valence-electron chi connectivity index (χ1n) is 8.36. The van der Waals surface area contributed by atoms with E-state index in [9.17, 15) is 9.59 Å². The molecule has 5 nitrogen and oxygen atoms in total. The van der Waals surface area contributed by atoms with Gasteiger partial charge in [0, 0.05) is 25.5 Å². The largest absolute Gasteiger partial charge is 0.464 e. The molecule has 24 heavy (non-hydrogen) atoms. The SMILES string of the molecule is CCOC(=O)[C@H]1CCCN1C(=O)c1ccn(Cc2ccccc2)c1. The number of aromatic nitrogens is 1. The molecular weight excluding hydrogens is 304 g/mol. The van der Waals surface area contributed by atoms with E-state index in [1.165, 1.54) is 5.56 Å². The van der Waals surface area contributed by atoms with E-state index in [-0.39, 0.29) is 11.9 Å². The van der Waals surface area contributed by atoms with E-state index in [1.807, 2.05) is 41.2 Å². The van der Waals surface area contributed by atoms with Crippen LogP contribution in [0.25, 0.3) is 0 Å². The van der Waals surface area contributed by atoms with Crippen molar-refractivity contribution < 1.29 is 14.3 Å². The van der Waals surface area contributed by atoms with Crippen LogP contribution in [0.4, 0.5) is 0 Å². The molecule has 1 saturated heterocycles. The molecule has 2 heterocycles. The molecule has 1 atom stereocenters. The summed E-state index contributed by atoms with van der Waals surface area (Å²) in [6, 6.07) is 11.5. The van der Waals surface area contributed by atoms with Gasteiger partial charge in [-0.1, -0.05) is 30.3 Å². The van der Waals surface area contributed by atoms with E-state index in [0.717, 1.165) is 13.0 Å². The normalized spacial score (nSPS) is 17.0. The number of likely N-dealkylation sites (tertiary alicyclic amines) is 1. The molecule has 126 valence electrons. The molecule has 1 aromatic carbocycles. The van der Waals surface area contributed by atoms with Gasteiger partial charge in [0.25, 0.3) is 5.91 Å². The lowest BCUT2D eigenvalue weighted by Gasteiger charge is -2.22. The number of rotatable bonds is 5. The summed E-state index contributed by atoms with van der Waals surface area (Å²) in [5.41, 5.74) is 1.79. The van der Waals surface area contributed by atoms with Crippen molar-refractivity contribution in [2.24, 2.45) is 0 Å². The highest BCUT2D eigenvalue weighted by Gasteiger charge is 2.35. The van der Waals surface area contributed by atoms with Gasteiger partial charge in [-0.05, 0) is 31.4 Å². The van der Waals surface area contributed by atoms with Crippen LogP contribution in [-0.4, -0.2) is 40.5 Å². The van der Waals surface area contributed by atoms with Gasteiger partial charge in [0.2, 0.25) is 0 Å². The predicted octanol–water partition coefficient (Wildman–Crippen LogP) is 2.70. The number of carbonyl (C=O) groups excluding carboxylic acids is 2. The van der Waals surface area contributed by atoms with Crippen LogP contribution >= 0.6 is 0 Å². The van der Waals surface area contributed by atoms with E-state index in [0.29, 0.717) is 25.1 Å². The topological polar surface area (TPSA) is 51.5 Å². The predicted molar refractivity (Wildman–Crippen MR) is 90.7 cm³/mol. The summed E-state index contributed by atoms with van der Waals surface area (Å²) in [6.07, 6.45) is 5.25. The molecule has 1 aliphatic heterocycles. The Morgan fingerprint density at radius 2 is 2.00 bits per heavy atom. The number of carbonyl (C=O) groups is 2. The number of amides is 1. The van der Waals surface area contributed by atoms with Crippen LogP contribution in [0.1, 0.15) is 35.7 Å². The Hall–Kier alpha value is -2.56. The minimum Gasteiger partial charge on any atom is -0.464 e. The van der Waals surface area contributed by atoms with Crippen LogP contribution < -0.4 is 0 Å². The number of benzene rings is 1. The molecule has 1 aromatic heterocycles. The van der Waals surface area contributed by atoms with Crippen LogP contribution in [0.2, 0.25) is 0 Å². The fraction of sp³-hybridized carbons (Fsp3) is 0.368. The third-order valence-electron chi connectivity index (χ3n) is 4.28. The third kappa shape index (κ3) is 3.50. The highest BCUT2D eigenvalue weighted by molar-refractivity contribution is 5.97. The van der Waals surface area contributed by atoms with Gasteiger partial charge in [0.1, 0.15) is 6.04 Å². The Morgan fingerprint density at radius 3 is 2.75 bits per heavy atom. The minimum absolute atomic E-state index is 0.0997. The van der Waals surface area contributed by atoms with Crippen LogP contribution in [0.5, 0.6) is 0 Å². The van der Waals surface area contributed by atoms with Gasteiger partial charge in [-0.2, -0.15) is 0 Å². The van der Waals surface area contributed by atoms with E-state index in [1.54, 1.807) is 11.8 Å². The molecule has 0 unspecified atom stereocenters. The molecule has 2 aromatic rings. The number of nitrogens with zero attached hydrogens (tertiary/aromatic N) is 2. The molecule has 1 amide bonds. The second-order valence-electron chi connectivity index (χ2n) is 5.97. The highest BCUT2D eigenvalue weighted by atomic mass is 16.5. The molecule has 0 aliphatic carbocycles. The maximum atomic E-state index is 12.7. The Kier molecular flexibility index (Phi) is 4.99. The number of hydrogen-bond donors (Lipinski definition) is 0. The van der Waals surface area contributed by atoms with Crippen LogP contribution in [0, 0.1) is 0 Å². The van der Waals surface area contributed by atoms with E-state index in [4.69, 9.17) is 4.74 Å². The zero-order valence-corrected chi connectivity index (χ0v) is 13.9. The maximum absolute atomic E-state index is 12.7. The van der Waals surface area contributed by atoms with Gasteiger partial charge in [-0.15, -0.1) is 0 Å². The summed E-state index contributed by atoms with van der Waals surface area (Å²) < 4.78 is 7.07. The van der Waals surface area contributed by atoms with Gasteiger partial charge >= 0.3 is 5.97 Å². The van der Waals surface area contributed by atoms with E-state index in [2.05, 4.69) is 12.1 Å². The lowest BCUT2D eigenvalue weighted by atomic mass is 10.2. The van der Waals surface area contributed by atoms with Crippen molar-refractivity contribution in [2.75, 3.05) is 13.2 Å². The summed E-state index contributed by atoms with van der Waals surface area (Å²) in [5.74, 6) is -0.399. The van der Waals surface area contributed by atoms with Crippen molar-refractivity contribution in [2.45, 2.75) is 32.4 Å². The van der Waals surface area contributed by atoms with Crippen molar-refractivity contribution in [3.8, 4) is 0 Å². The second kappa shape index (κ2) is 7.34. The number of hydrogen-bond acceptors (Lipinski definition) is 3. The summed E-state index contributed by atoms with van der Waals surface area (Å²) in [5, 5.41) is 0.